The number of para-hydroxylation sites is 1. The summed E-state index contributed by atoms with van der Waals surface area (Å²) in [5, 5.41) is 0. The number of hydrogen-bond acceptors (Lipinski definition) is 4. The molecule has 4 heteroatoms. The van der Waals surface area contributed by atoms with E-state index >= 15 is 0 Å². The first kappa shape index (κ1) is 15.9. The van der Waals surface area contributed by atoms with E-state index in [2.05, 4.69) is 35.3 Å². The fourth-order valence-electron chi connectivity index (χ4n) is 2.90. The van der Waals surface area contributed by atoms with Crippen molar-refractivity contribution in [2.75, 3.05) is 0 Å². The highest BCUT2D eigenvalue weighted by Gasteiger charge is 2.18. The second kappa shape index (κ2) is 8.05. The van der Waals surface area contributed by atoms with Gasteiger partial charge in [0.1, 0.15) is 0 Å². The van der Waals surface area contributed by atoms with Crippen LogP contribution >= 0.6 is 0 Å². The minimum absolute atomic E-state index is 0.132. The Hall–Kier alpha value is -1.52. The summed E-state index contributed by atoms with van der Waals surface area (Å²) in [4.78, 5) is 8.86. The Kier molecular flexibility index (Phi) is 6.08. The van der Waals surface area contributed by atoms with Crippen molar-refractivity contribution in [1.29, 1.82) is 0 Å². The van der Waals surface area contributed by atoms with Crippen LogP contribution in [0.4, 0.5) is 0 Å². The molecule has 2 unspecified atom stereocenters. The Morgan fingerprint density at radius 1 is 1.19 bits per heavy atom. The van der Waals surface area contributed by atoms with Crippen molar-refractivity contribution in [2.45, 2.75) is 52.0 Å². The Balaban J connectivity index is 2.22. The monoisotopic (exact) mass is 286 g/mol. The van der Waals surface area contributed by atoms with Crippen molar-refractivity contribution < 1.29 is 0 Å². The molecule has 0 bridgehead atoms. The van der Waals surface area contributed by atoms with Crippen LogP contribution in [0.5, 0.6) is 0 Å². The lowest BCUT2D eigenvalue weighted by atomic mass is 9.89. The topological polar surface area (TPSA) is 63.8 Å². The smallest absolute Gasteiger partial charge is 0.0935 e. The summed E-state index contributed by atoms with van der Waals surface area (Å²) >= 11 is 0. The molecule has 0 saturated heterocycles. The maximum absolute atomic E-state index is 5.83. The van der Waals surface area contributed by atoms with Gasteiger partial charge in [0.25, 0.3) is 0 Å². The number of nitrogens with two attached hydrogens (primary N) is 1. The maximum Gasteiger partial charge on any atom is 0.0935 e. The number of nitrogens with zero attached hydrogens (tertiary/aromatic N) is 2. The molecule has 0 aliphatic carbocycles. The van der Waals surface area contributed by atoms with Crippen LogP contribution < -0.4 is 11.3 Å². The number of rotatable bonds is 8. The number of hydrazine groups is 1. The first-order valence-corrected chi connectivity index (χ1v) is 7.95. The van der Waals surface area contributed by atoms with Gasteiger partial charge in [0, 0.05) is 18.4 Å². The normalized spacial score (nSPS) is 14.2. The predicted molar refractivity (Wildman–Crippen MR) is 87.5 cm³/mol. The fraction of sp³-hybridized carbons (Fsp3) is 0.529. The van der Waals surface area contributed by atoms with E-state index in [0.717, 1.165) is 23.0 Å². The molecule has 0 spiro atoms. The van der Waals surface area contributed by atoms with Gasteiger partial charge in [0.05, 0.1) is 11.0 Å². The quantitative estimate of drug-likeness (QED) is 0.573. The summed E-state index contributed by atoms with van der Waals surface area (Å²) in [5.41, 5.74) is 6.01. The average molecular weight is 286 g/mol. The highest BCUT2D eigenvalue weighted by Crippen LogP contribution is 2.29. The van der Waals surface area contributed by atoms with Gasteiger partial charge in [-0.25, -0.2) is 0 Å². The molecule has 0 amide bonds. The van der Waals surface area contributed by atoms with E-state index in [9.17, 15) is 0 Å². The third-order valence-electron chi connectivity index (χ3n) is 4.22. The van der Waals surface area contributed by atoms with E-state index in [4.69, 9.17) is 5.84 Å². The van der Waals surface area contributed by atoms with E-state index in [0.29, 0.717) is 5.92 Å². The number of fused-ring (bicyclic) bond motifs is 1. The van der Waals surface area contributed by atoms with Crippen LogP contribution in [0, 0.1) is 5.92 Å². The van der Waals surface area contributed by atoms with Gasteiger partial charge < -0.3 is 0 Å². The first-order valence-electron chi connectivity index (χ1n) is 7.95. The first-order chi connectivity index (χ1) is 10.3. The largest absolute Gasteiger partial charge is 0.271 e. The van der Waals surface area contributed by atoms with Crippen molar-refractivity contribution in [3.8, 4) is 0 Å². The highest BCUT2D eigenvalue weighted by molar-refractivity contribution is 5.78. The van der Waals surface area contributed by atoms with E-state index in [-0.39, 0.29) is 6.04 Å². The molecule has 0 fully saturated rings. The number of unbranched alkanes of at least 4 members (excludes halogenated alkanes) is 1. The molecule has 0 aliphatic heterocycles. The van der Waals surface area contributed by atoms with Crippen LogP contribution in [0.2, 0.25) is 0 Å². The van der Waals surface area contributed by atoms with Crippen molar-refractivity contribution in [3.05, 3.63) is 36.2 Å². The molecule has 1 aromatic carbocycles. The SMILES string of the molecule is CCCCC(CC)CC(NN)c1cccc2nccnc12. The molecule has 2 rings (SSSR count). The molecule has 1 heterocycles. The lowest BCUT2D eigenvalue weighted by molar-refractivity contribution is 0.357. The molecule has 3 N–H and O–H groups in total. The van der Waals surface area contributed by atoms with Crippen LogP contribution in [-0.2, 0) is 0 Å². The highest BCUT2D eigenvalue weighted by atomic mass is 15.2. The molecule has 21 heavy (non-hydrogen) atoms. The van der Waals surface area contributed by atoms with Gasteiger partial charge in [-0.3, -0.25) is 21.2 Å². The van der Waals surface area contributed by atoms with Crippen LogP contribution in [0.1, 0.15) is 57.6 Å². The molecule has 114 valence electrons. The van der Waals surface area contributed by atoms with Gasteiger partial charge in [-0.05, 0) is 24.0 Å². The molecule has 2 aromatic rings. The van der Waals surface area contributed by atoms with E-state index in [1.165, 1.54) is 25.7 Å². The van der Waals surface area contributed by atoms with E-state index < -0.39 is 0 Å². The van der Waals surface area contributed by atoms with Gasteiger partial charge in [-0.15, -0.1) is 0 Å². The summed E-state index contributed by atoms with van der Waals surface area (Å²) in [6, 6.07) is 6.26. The van der Waals surface area contributed by atoms with Crippen LogP contribution in [0.25, 0.3) is 11.0 Å². The predicted octanol–water partition coefficient (Wildman–Crippen LogP) is 3.74. The fourth-order valence-corrected chi connectivity index (χ4v) is 2.90. The van der Waals surface area contributed by atoms with Crippen LogP contribution in [0.15, 0.2) is 30.6 Å². The summed E-state index contributed by atoms with van der Waals surface area (Å²) in [5.74, 6) is 6.52. The second-order valence-electron chi connectivity index (χ2n) is 5.64. The van der Waals surface area contributed by atoms with Gasteiger partial charge in [0.15, 0.2) is 0 Å². The molecule has 0 radical (unpaired) electrons. The van der Waals surface area contributed by atoms with Crippen molar-refractivity contribution >= 4 is 11.0 Å². The Morgan fingerprint density at radius 2 is 2.00 bits per heavy atom. The van der Waals surface area contributed by atoms with Gasteiger partial charge in [-0.1, -0.05) is 51.7 Å². The molecular weight excluding hydrogens is 260 g/mol. The zero-order valence-electron chi connectivity index (χ0n) is 13.0. The van der Waals surface area contributed by atoms with Crippen LogP contribution in [-0.4, -0.2) is 9.97 Å². The summed E-state index contributed by atoms with van der Waals surface area (Å²) in [6.45, 7) is 4.50. The molecule has 0 saturated carbocycles. The van der Waals surface area contributed by atoms with Crippen LogP contribution in [0.3, 0.4) is 0 Å². The Morgan fingerprint density at radius 3 is 2.71 bits per heavy atom. The standard InChI is InChI=1S/C17H26N4/c1-3-5-7-13(4-2)12-16(21-18)14-8-6-9-15-17(14)20-11-10-19-15/h6,8-11,13,16,21H,3-5,7,12,18H2,1-2H3. The van der Waals surface area contributed by atoms with Crippen molar-refractivity contribution in [2.24, 2.45) is 11.8 Å². The summed E-state index contributed by atoms with van der Waals surface area (Å²) in [6.07, 6.45) is 9.50. The minimum Gasteiger partial charge on any atom is -0.271 e. The third kappa shape index (κ3) is 3.99. The Bertz CT molecular complexity index is 550. The number of hydrogen-bond donors (Lipinski definition) is 2. The second-order valence-corrected chi connectivity index (χ2v) is 5.64. The number of aromatic nitrogens is 2. The third-order valence-corrected chi connectivity index (χ3v) is 4.22. The molecule has 4 nitrogen and oxygen atoms in total. The van der Waals surface area contributed by atoms with Crippen molar-refractivity contribution in [1.82, 2.24) is 15.4 Å². The average Bonchev–Trinajstić information content (AvgIpc) is 2.55. The van der Waals surface area contributed by atoms with E-state index in [1.54, 1.807) is 12.4 Å². The van der Waals surface area contributed by atoms with Gasteiger partial charge in [-0.2, -0.15) is 0 Å². The molecule has 2 atom stereocenters. The number of benzene rings is 1. The zero-order chi connectivity index (χ0) is 15.1. The van der Waals surface area contributed by atoms with Gasteiger partial charge >= 0.3 is 0 Å². The summed E-state index contributed by atoms with van der Waals surface area (Å²) in [7, 11) is 0. The molecular formula is C17H26N4. The van der Waals surface area contributed by atoms with Gasteiger partial charge in [0.2, 0.25) is 0 Å². The van der Waals surface area contributed by atoms with E-state index in [1.807, 2.05) is 12.1 Å². The van der Waals surface area contributed by atoms with Crippen molar-refractivity contribution in [3.63, 3.8) is 0 Å². The zero-order valence-corrected chi connectivity index (χ0v) is 13.0. The summed E-state index contributed by atoms with van der Waals surface area (Å²) < 4.78 is 0. The minimum atomic E-state index is 0.132. The Labute approximate surface area is 127 Å². The lowest BCUT2D eigenvalue weighted by Crippen LogP contribution is -2.30. The maximum atomic E-state index is 5.83. The number of nitrogens with one attached hydrogen (secondary N) is 1. The lowest BCUT2D eigenvalue weighted by Gasteiger charge is -2.23. The molecule has 1 aromatic heterocycles. The molecule has 0 aliphatic rings.